The Kier molecular flexibility index (Phi) is 6.57. The summed E-state index contributed by atoms with van der Waals surface area (Å²) in [6, 6.07) is 8.96. The first-order chi connectivity index (χ1) is 13.6. The molecule has 150 valence electrons. The van der Waals surface area contributed by atoms with Gasteiger partial charge in [-0.3, -0.25) is 4.79 Å². The van der Waals surface area contributed by atoms with Crippen LogP contribution in [0.2, 0.25) is 0 Å². The zero-order valence-electron chi connectivity index (χ0n) is 15.8. The molecule has 1 saturated heterocycles. The van der Waals surface area contributed by atoms with Gasteiger partial charge in [0.2, 0.25) is 0 Å². The van der Waals surface area contributed by atoms with E-state index in [0.29, 0.717) is 19.6 Å². The number of nitrogens with one attached hydrogen (secondary N) is 2. The van der Waals surface area contributed by atoms with E-state index < -0.39 is 6.17 Å². The number of carbonyl (C=O) groups excluding carboxylic acids is 2. The maximum Gasteiger partial charge on any atom is 0.317 e. The highest BCUT2D eigenvalue weighted by Gasteiger charge is 2.35. The van der Waals surface area contributed by atoms with Crippen LogP contribution in [0, 0.1) is 0 Å². The number of nitrogens with zero attached hydrogens (tertiary/aromatic N) is 4. The lowest BCUT2D eigenvalue weighted by Crippen LogP contribution is -2.44. The van der Waals surface area contributed by atoms with Crippen LogP contribution in [0.25, 0.3) is 0 Å². The van der Waals surface area contributed by atoms with E-state index in [2.05, 4.69) is 20.9 Å². The van der Waals surface area contributed by atoms with Gasteiger partial charge in [0.25, 0.3) is 5.91 Å². The Morgan fingerprint density at radius 2 is 2.04 bits per heavy atom. The second-order valence-corrected chi connectivity index (χ2v) is 6.87. The molecule has 3 rings (SSSR count). The fourth-order valence-corrected chi connectivity index (χ4v) is 3.19. The molecule has 0 bridgehead atoms. The van der Waals surface area contributed by atoms with Crippen molar-refractivity contribution in [2.75, 3.05) is 13.1 Å². The quantitative estimate of drug-likeness (QED) is 0.756. The van der Waals surface area contributed by atoms with Crippen LogP contribution in [0.15, 0.2) is 36.5 Å². The summed E-state index contributed by atoms with van der Waals surface area (Å²) in [5, 5.41) is 13.4. The van der Waals surface area contributed by atoms with Crippen molar-refractivity contribution in [3.63, 3.8) is 0 Å². The van der Waals surface area contributed by atoms with Crippen LogP contribution in [0.3, 0.4) is 0 Å². The van der Waals surface area contributed by atoms with Gasteiger partial charge in [-0.05, 0) is 12.0 Å². The van der Waals surface area contributed by atoms with Crippen molar-refractivity contribution in [1.29, 1.82) is 0 Å². The van der Waals surface area contributed by atoms with Crippen molar-refractivity contribution < 1.29 is 14.0 Å². The standard InChI is InChI=1S/C19H25FN6O2/c1-2-8-21-19(28)26-11-15(20)9-16(26)12-25-13-17(23-24-25)18(27)22-10-14-6-4-3-5-7-14/h3-7,13,15-16H,2,8-12H2,1H3,(H,21,28)(H,22,27). The number of urea groups is 1. The van der Waals surface area contributed by atoms with Crippen molar-refractivity contribution in [3.8, 4) is 0 Å². The summed E-state index contributed by atoms with van der Waals surface area (Å²) in [6.45, 7) is 3.26. The fraction of sp³-hybridized carbons (Fsp3) is 0.474. The molecule has 1 aromatic carbocycles. The lowest BCUT2D eigenvalue weighted by molar-refractivity contribution is 0.0945. The zero-order valence-corrected chi connectivity index (χ0v) is 15.8. The van der Waals surface area contributed by atoms with E-state index in [4.69, 9.17) is 0 Å². The van der Waals surface area contributed by atoms with Gasteiger partial charge in [-0.25, -0.2) is 13.9 Å². The minimum absolute atomic E-state index is 0.0688. The molecule has 28 heavy (non-hydrogen) atoms. The third-order valence-electron chi connectivity index (χ3n) is 4.62. The highest BCUT2D eigenvalue weighted by atomic mass is 19.1. The molecule has 9 heteroatoms. The molecule has 2 aromatic rings. The molecule has 0 saturated carbocycles. The van der Waals surface area contributed by atoms with Crippen LogP contribution >= 0.6 is 0 Å². The third kappa shape index (κ3) is 5.05. The first-order valence-corrected chi connectivity index (χ1v) is 9.47. The lowest BCUT2D eigenvalue weighted by Gasteiger charge is -2.24. The Labute approximate surface area is 163 Å². The number of rotatable bonds is 7. The average molecular weight is 388 g/mol. The van der Waals surface area contributed by atoms with Gasteiger partial charge in [0.05, 0.1) is 25.3 Å². The second-order valence-electron chi connectivity index (χ2n) is 6.87. The van der Waals surface area contributed by atoms with Gasteiger partial charge in [0.15, 0.2) is 5.69 Å². The molecule has 8 nitrogen and oxygen atoms in total. The highest BCUT2D eigenvalue weighted by molar-refractivity contribution is 5.91. The molecule has 0 spiro atoms. The number of amides is 3. The molecule has 0 radical (unpaired) electrons. The zero-order chi connectivity index (χ0) is 19.9. The molecular weight excluding hydrogens is 363 g/mol. The first kappa shape index (κ1) is 19.8. The number of benzene rings is 1. The molecule has 0 aliphatic carbocycles. The molecule has 2 unspecified atom stereocenters. The predicted molar refractivity (Wildman–Crippen MR) is 101 cm³/mol. The molecule has 2 heterocycles. The molecule has 3 amide bonds. The van der Waals surface area contributed by atoms with E-state index in [1.807, 2.05) is 37.3 Å². The van der Waals surface area contributed by atoms with Crippen molar-refractivity contribution >= 4 is 11.9 Å². The number of halogens is 1. The summed E-state index contributed by atoms with van der Waals surface area (Å²) in [4.78, 5) is 26.0. The van der Waals surface area contributed by atoms with E-state index in [1.165, 1.54) is 15.8 Å². The van der Waals surface area contributed by atoms with Gasteiger partial charge in [-0.15, -0.1) is 5.10 Å². The molecular formula is C19H25FN6O2. The second kappa shape index (κ2) is 9.29. The molecule has 1 fully saturated rings. The number of likely N-dealkylation sites (tertiary alicyclic amines) is 1. The summed E-state index contributed by atoms with van der Waals surface area (Å²) in [6.07, 6.45) is 1.52. The normalized spacial score (nSPS) is 18.9. The summed E-state index contributed by atoms with van der Waals surface area (Å²) in [7, 11) is 0. The summed E-state index contributed by atoms with van der Waals surface area (Å²) in [5.74, 6) is -0.331. The Bertz CT molecular complexity index is 797. The largest absolute Gasteiger partial charge is 0.347 e. The van der Waals surface area contributed by atoms with Gasteiger partial charge < -0.3 is 15.5 Å². The first-order valence-electron chi connectivity index (χ1n) is 9.47. The number of aromatic nitrogens is 3. The average Bonchev–Trinajstić information content (AvgIpc) is 3.32. The van der Waals surface area contributed by atoms with Crippen molar-refractivity contribution in [2.45, 2.75) is 45.1 Å². The van der Waals surface area contributed by atoms with Crippen LogP contribution < -0.4 is 10.6 Å². The number of hydrogen-bond acceptors (Lipinski definition) is 4. The Balaban J connectivity index is 1.57. The van der Waals surface area contributed by atoms with Crippen LogP contribution in [-0.4, -0.2) is 57.1 Å². The van der Waals surface area contributed by atoms with E-state index in [-0.39, 0.29) is 36.6 Å². The van der Waals surface area contributed by atoms with E-state index in [1.54, 1.807) is 0 Å². The SMILES string of the molecule is CCCNC(=O)N1CC(F)CC1Cn1cc(C(=O)NCc2ccccc2)nn1. The third-order valence-corrected chi connectivity index (χ3v) is 4.62. The summed E-state index contributed by atoms with van der Waals surface area (Å²) in [5.41, 5.74) is 1.17. The monoisotopic (exact) mass is 388 g/mol. The predicted octanol–water partition coefficient (Wildman–Crippen LogP) is 1.74. The van der Waals surface area contributed by atoms with Crippen molar-refractivity contribution in [3.05, 3.63) is 47.8 Å². The maximum absolute atomic E-state index is 13.9. The van der Waals surface area contributed by atoms with E-state index in [9.17, 15) is 14.0 Å². The molecule has 2 atom stereocenters. The van der Waals surface area contributed by atoms with E-state index in [0.717, 1.165) is 12.0 Å². The smallest absolute Gasteiger partial charge is 0.317 e. The van der Waals surface area contributed by atoms with Gasteiger partial charge in [-0.1, -0.05) is 42.5 Å². The van der Waals surface area contributed by atoms with Crippen LogP contribution in [0.1, 0.15) is 35.8 Å². The Hall–Kier alpha value is -2.97. The highest BCUT2D eigenvalue weighted by Crippen LogP contribution is 2.21. The Morgan fingerprint density at radius 1 is 1.25 bits per heavy atom. The van der Waals surface area contributed by atoms with Crippen molar-refractivity contribution in [1.82, 2.24) is 30.5 Å². The van der Waals surface area contributed by atoms with Crippen LogP contribution in [0.4, 0.5) is 9.18 Å². The number of hydrogen-bond donors (Lipinski definition) is 2. The summed E-state index contributed by atoms with van der Waals surface area (Å²) >= 11 is 0. The minimum atomic E-state index is -1.06. The van der Waals surface area contributed by atoms with Gasteiger partial charge in [0, 0.05) is 19.5 Å². The van der Waals surface area contributed by atoms with E-state index >= 15 is 0 Å². The van der Waals surface area contributed by atoms with Crippen LogP contribution in [0.5, 0.6) is 0 Å². The van der Waals surface area contributed by atoms with Crippen molar-refractivity contribution in [2.24, 2.45) is 0 Å². The number of carbonyl (C=O) groups is 2. The minimum Gasteiger partial charge on any atom is -0.347 e. The van der Waals surface area contributed by atoms with Gasteiger partial charge in [0.1, 0.15) is 6.17 Å². The summed E-state index contributed by atoms with van der Waals surface area (Å²) < 4.78 is 15.4. The molecule has 1 aromatic heterocycles. The molecule has 1 aliphatic rings. The fourth-order valence-electron chi connectivity index (χ4n) is 3.19. The lowest BCUT2D eigenvalue weighted by atomic mass is 10.2. The van der Waals surface area contributed by atoms with Crippen LogP contribution in [-0.2, 0) is 13.1 Å². The van der Waals surface area contributed by atoms with Gasteiger partial charge in [-0.2, -0.15) is 0 Å². The maximum atomic E-state index is 13.9. The molecule has 2 N–H and O–H groups in total. The topological polar surface area (TPSA) is 92.2 Å². The number of alkyl halides is 1. The van der Waals surface area contributed by atoms with Gasteiger partial charge >= 0.3 is 6.03 Å². The molecule has 1 aliphatic heterocycles. The Morgan fingerprint density at radius 3 is 2.79 bits per heavy atom.